The van der Waals surface area contributed by atoms with Crippen LogP contribution in [-0.4, -0.2) is 24.8 Å². The third-order valence-electron chi connectivity index (χ3n) is 3.29. The van der Waals surface area contributed by atoms with E-state index < -0.39 is 5.97 Å². The van der Waals surface area contributed by atoms with E-state index in [9.17, 15) is 14.4 Å². The van der Waals surface area contributed by atoms with Gasteiger partial charge in [0.2, 0.25) is 5.91 Å². The number of hydrogen-bond acceptors (Lipinski definition) is 5. The molecular weight excluding hydrogens is 350 g/mol. The zero-order valence-electron chi connectivity index (χ0n) is 13.0. The molecule has 24 heavy (non-hydrogen) atoms. The first-order valence-corrected chi connectivity index (χ1v) is 8.41. The number of Topliss-reactive ketones (excluding diaryl/α,β-unsaturated/α-hetero) is 1. The molecule has 0 saturated carbocycles. The van der Waals surface area contributed by atoms with Crippen molar-refractivity contribution >= 4 is 40.6 Å². The second-order valence-corrected chi connectivity index (χ2v) is 6.71. The zero-order valence-corrected chi connectivity index (χ0v) is 14.6. The van der Waals surface area contributed by atoms with E-state index >= 15 is 0 Å². The molecule has 0 bridgehead atoms. The highest BCUT2D eigenvalue weighted by atomic mass is 35.5. The van der Waals surface area contributed by atoms with Crippen molar-refractivity contribution in [3.63, 3.8) is 0 Å². The molecule has 1 N–H and O–H groups in total. The predicted octanol–water partition coefficient (Wildman–Crippen LogP) is 3.47. The number of halogens is 1. The van der Waals surface area contributed by atoms with Gasteiger partial charge in [0.1, 0.15) is 0 Å². The van der Waals surface area contributed by atoms with Crippen LogP contribution in [0.5, 0.6) is 0 Å². The minimum atomic E-state index is -0.405. The third kappa shape index (κ3) is 5.18. The number of carbonyl (C=O) groups excluding carboxylic acids is 3. The molecule has 5 nitrogen and oxygen atoms in total. The molecule has 1 heterocycles. The van der Waals surface area contributed by atoms with Crippen molar-refractivity contribution in [3.05, 3.63) is 56.7 Å². The fourth-order valence-electron chi connectivity index (χ4n) is 1.98. The molecule has 0 unspecified atom stereocenters. The van der Waals surface area contributed by atoms with Crippen molar-refractivity contribution in [1.29, 1.82) is 0 Å². The van der Waals surface area contributed by atoms with Crippen LogP contribution in [0, 0.1) is 0 Å². The van der Waals surface area contributed by atoms with Gasteiger partial charge in [-0.15, -0.1) is 11.3 Å². The lowest BCUT2D eigenvalue weighted by Crippen LogP contribution is -2.23. The van der Waals surface area contributed by atoms with Gasteiger partial charge in [-0.2, -0.15) is 0 Å². The molecule has 0 aliphatic heterocycles. The number of benzene rings is 1. The number of hydrogen-bond donors (Lipinski definition) is 1. The standard InChI is InChI=1S/C17H16ClNO4S/c1-23-17(22)12-4-2-11(3-5-12)10-19-16(21)9-6-13(20)14-7-8-15(18)24-14/h2-5,7-8H,6,9-10H2,1H3,(H,19,21). The van der Waals surface area contributed by atoms with Crippen LogP contribution in [-0.2, 0) is 16.1 Å². The summed E-state index contributed by atoms with van der Waals surface area (Å²) in [5, 5.41) is 2.74. The molecule has 0 spiro atoms. The second kappa shape index (κ2) is 8.61. The van der Waals surface area contributed by atoms with Crippen LogP contribution in [0.15, 0.2) is 36.4 Å². The molecule has 2 aromatic rings. The smallest absolute Gasteiger partial charge is 0.337 e. The fourth-order valence-corrected chi connectivity index (χ4v) is 2.99. The van der Waals surface area contributed by atoms with E-state index in [0.29, 0.717) is 21.3 Å². The largest absolute Gasteiger partial charge is 0.465 e. The molecule has 0 fully saturated rings. The van der Waals surface area contributed by atoms with Crippen LogP contribution >= 0.6 is 22.9 Å². The van der Waals surface area contributed by atoms with Crippen molar-refractivity contribution in [1.82, 2.24) is 5.32 Å². The number of rotatable bonds is 7. The van der Waals surface area contributed by atoms with Crippen LogP contribution in [0.2, 0.25) is 4.34 Å². The van der Waals surface area contributed by atoms with E-state index in [1.807, 2.05) is 0 Å². The molecule has 2 rings (SSSR count). The lowest BCUT2D eigenvalue weighted by molar-refractivity contribution is -0.121. The monoisotopic (exact) mass is 365 g/mol. The quantitative estimate of drug-likeness (QED) is 0.602. The van der Waals surface area contributed by atoms with Crippen LogP contribution < -0.4 is 5.32 Å². The van der Waals surface area contributed by atoms with Crippen molar-refractivity contribution < 1.29 is 19.1 Å². The minimum absolute atomic E-state index is 0.0931. The van der Waals surface area contributed by atoms with Gasteiger partial charge in [0.15, 0.2) is 5.78 Å². The van der Waals surface area contributed by atoms with E-state index in [2.05, 4.69) is 10.1 Å². The van der Waals surface area contributed by atoms with E-state index in [0.717, 1.165) is 5.56 Å². The number of amides is 1. The van der Waals surface area contributed by atoms with Crippen LogP contribution in [0.1, 0.15) is 38.4 Å². The Labute approximate surface area is 148 Å². The molecular formula is C17H16ClNO4S. The van der Waals surface area contributed by atoms with Gasteiger partial charge in [0, 0.05) is 19.4 Å². The van der Waals surface area contributed by atoms with E-state index in [1.165, 1.54) is 18.4 Å². The second-order valence-electron chi connectivity index (χ2n) is 4.99. The summed E-state index contributed by atoms with van der Waals surface area (Å²) in [5.74, 6) is -0.703. The van der Waals surface area contributed by atoms with Gasteiger partial charge in [-0.25, -0.2) is 4.79 Å². The Kier molecular flexibility index (Phi) is 6.52. The van der Waals surface area contributed by atoms with E-state index in [-0.39, 0.29) is 24.5 Å². The highest BCUT2D eigenvalue weighted by molar-refractivity contribution is 7.18. The Balaban J connectivity index is 1.76. The van der Waals surface area contributed by atoms with Gasteiger partial charge >= 0.3 is 5.97 Å². The van der Waals surface area contributed by atoms with E-state index in [1.54, 1.807) is 36.4 Å². The van der Waals surface area contributed by atoms with Gasteiger partial charge in [0.05, 0.1) is 21.9 Å². The summed E-state index contributed by atoms with van der Waals surface area (Å²) < 4.78 is 5.17. The zero-order chi connectivity index (χ0) is 17.5. The first-order chi connectivity index (χ1) is 11.5. The summed E-state index contributed by atoms with van der Waals surface area (Å²) in [6.45, 7) is 0.333. The maximum Gasteiger partial charge on any atom is 0.337 e. The molecule has 1 amide bonds. The summed E-state index contributed by atoms with van der Waals surface area (Å²) in [5.41, 5.74) is 1.31. The lowest BCUT2D eigenvalue weighted by atomic mass is 10.1. The number of thiophene rings is 1. The van der Waals surface area contributed by atoms with Crippen molar-refractivity contribution in [2.45, 2.75) is 19.4 Å². The normalized spacial score (nSPS) is 10.2. The Morgan fingerprint density at radius 3 is 2.38 bits per heavy atom. The molecule has 0 aliphatic rings. The molecule has 0 atom stereocenters. The highest BCUT2D eigenvalue weighted by Crippen LogP contribution is 2.22. The summed E-state index contributed by atoms with van der Waals surface area (Å²) in [4.78, 5) is 35.6. The topological polar surface area (TPSA) is 72.5 Å². The fraction of sp³-hybridized carbons (Fsp3) is 0.235. The Hall–Kier alpha value is -2.18. The summed E-state index contributed by atoms with van der Waals surface area (Å²) >= 11 is 6.99. The maximum absolute atomic E-state index is 11.9. The highest BCUT2D eigenvalue weighted by Gasteiger charge is 2.11. The molecule has 7 heteroatoms. The minimum Gasteiger partial charge on any atom is -0.465 e. The number of nitrogens with one attached hydrogen (secondary N) is 1. The lowest BCUT2D eigenvalue weighted by Gasteiger charge is -2.06. The number of esters is 1. The van der Waals surface area contributed by atoms with Gasteiger partial charge < -0.3 is 10.1 Å². The SMILES string of the molecule is COC(=O)c1ccc(CNC(=O)CCC(=O)c2ccc(Cl)s2)cc1. The molecule has 1 aromatic carbocycles. The number of methoxy groups -OCH3 is 1. The molecule has 0 radical (unpaired) electrons. The summed E-state index contributed by atoms with van der Waals surface area (Å²) in [6.07, 6.45) is 0.262. The summed E-state index contributed by atoms with van der Waals surface area (Å²) in [7, 11) is 1.32. The number of carbonyl (C=O) groups is 3. The third-order valence-corrected chi connectivity index (χ3v) is 4.56. The Morgan fingerprint density at radius 1 is 1.08 bits per heavy atom. The average molecular weight is 366 g/mol. The molecule has 126 valence electrons. The van der Waals surface area contributed by atoms with Gasteiger partial charge in [0.25, 0.3) is 0 Å². The molecule has 0 aliphatic carbocycles. The van der Waals surface area contributed by atoms with Gasteiger partial charge in [-0.1, -0.05) is 23.7 Å². The first kappa shape index (κ1) is 18.2. The van der Waals surface area contributed by atoms with Crippen LogP contribution in [0.25, 0.3) is 0 Å². The first-order valence-electron chi connectivity index (χ1n) is 7.22. The molecule has 1 aromatic heterocycles. The van der Waals surface area contributed by atoms with Gasteiger partial charge in [-0.3, -0.25) is 9.59 Å². The number of ketones is 1. The Morgan fingerprint density at radius 2 is 1.79 bits per heavy atom. The maximum atomic E-state index is 11.9. The predicted molar refractivity (Wildman–Crippen MR) is 92.5 cm³/mol. The van der Waals surface area contributed by atoms with Crippen molar-refractivity contribution in [2.24, 2.45) is 0 Å². The number of ether oxygens (including phenoxy) is 1. The van der Waals surface area contributed by atoms with E-state index in [4.69, 9.17) is 11.6 Å². The van der Waals surface area contributed by atoms with Crippen molar-refractivity contribution in [3.8, 4) is 0 Å². The average Bonchev–Trinajstić information content (AvgIpc) is 3.04. The van der Waals surface area contributed by atoms with Crippen LogP contribution in [0.4, 0.5) is 0 Å². The Bertz CT molecular complexity index is 739. The van der Waals surface area contributed by atoms with Gasteiger partial charge in [-0.05, 0) is 29.8 Å². The summed E-state index contributed by atoms with van der Waals surface area (Å²) in [6, 6.07) is 10.1. The van der Waals surface area contributed by atoms with Crippen molar-refractivity contribution in [2.75, 3.05) is 7.11 Å². The van der Waals surface area contributed by atoms with Crippen LogP contribution in [0.3, 0.4) is 0 Å². The molecule has 0 saturated heterocycles.